The average Bonchev–Trinajstić information content (AvgIpc) is 2.83. The van der Waals surface area contributed by atoms with E-state index in [0.717, 1.165) is 38.2 Å². The molecule has 0 N–H and O–H groups in total. The van der Waals surface area contributed by atoms with E-state index in [0.29, 0.717) is 37.0 Å². The molecule has 2 atom stereocenters. The number of carbonyl (C=O) groups excluding carboxylic acids is 2. The van der Waals surface area contributed by atoms with Crippen LogP contribution in [0.1, 0.15) is 29.6 Å². The fraction of sp³-hybridized carbons (Fsp3) is 0.600. The number of rotatable bonds is 5. The van der Waals surface area contributed by atoms with Gasteiger partial charge < -0.3 is 19.3 Å². The maximum absolute atomic E-state index is 12.8. The van der Waals surface area contributed by atoms with Gasteiger partial charge in [0.15, 0.2) is 0 Å². The summed E-state index contributed by atoms with van der Waals surface area (Å²) >= 11 is 0. The van der Waals surface area contributed by atoms with Crippen molar-refractivity contribution in [3.05, 3.63) is 29.8 Å². The van der Waals surface area contributed by atoms with Crippen molar-refractivity contribution in [1.29, 1.82) is 0 Å². The van der Waals surface area contributed by atoms with Crippen LogP contribution in [0.4, 0.5) is 0 Å². The third-order valence-electron chi connectivity index (χ3n) is 5.64. The predicted octanol–water partition coefficient (Wildman–Crippen LogP) is 2.04. The monoisotopic (exact) mass is 360 g/mol. The van der Waals surface area contributed by atoms with Crippen LogP contribution in [0.25, 0.3) is 0 Å². The number of piperidine rings is 1. The van der Waals surface area contributed by atoms with E-state index in [2.05, 4.69) is 0 Å². The molecule has 6 nitrogen and oxygen atoms in total. The van der Waals surface area contributed by atoms with E-state index in [9.17, 15) is 9.59 Å². The molecular formula is C20H28N2O4. The van der Waals surface area contributed by atoms with Gasteiger partial charge in [-0.05, 0) is 48.9 Å². The van der Waals surface area contributed by atoms with Crippen molar-refractivity contribution in [2.45, 2.75) is 19.3 Å². The van der Waals surface area contributed by atoms with E-state index in [4.69, 9.17) is 9.47 Å². The number of hydrogen-bond donors (Lipinski definition) is 0. The number of carbonyl (C=O) groups is 2. The molecule has 3 rings (SSSR count). The second-order valence-electron chi connectivity index (χ2n) is 7.15. The highest BCUT2D eigenvalue weighted by Crippen LogP contribution is 2.33. The summed E-state index contributed by atoms with van der Waals surface area (Å²) in [6.45, 7) is 3.44. The summed E-state index contributed by atoms with van der Waals surface area (Å²) in [6, 6.07) is 7.27. The van der Waals surface area contributed by atoms with Crippen molar-refractivity contribution >= 4 is 11.8 Å². The van der Waals surface area contributed by atoms with Gasteiger partial charge in [0.1, 0.15) is 5.75 Å². The largest absolute Gasteiger partial charge is 0.497 e. The van der Waals surface area contributed by atoms with Gasteiger partial charge in [0.05, 0.1) is 13.7 Å². The fourth-order valence-electron chi connectivity index (χ4n) is 4.01. The van der Waals surface area contributed by atoms with Crippen LogP contribution < -0.4 is 4.74 Å². The van der Waals surface area contributed by atoms with E-state index >= 15 is 0 Å². The lowest BCUT2D eigenvalue weighted by atomic mass is 9.82. The smallest absolute Gasteiger partial charge is 0.253 e. The average molecular weight is 360 g/mol. The van der Waals surface area contributed by atoms with Gasteiger partial charge in [0, 0.05) is 45.3 Å². The molecule has 0 aliphatic carbocycles. The van der Waals surface area contributed by atoms with E-state index in [-0.39, 0.29) is 11.8 Å². The topological polar surface area (TPSA) is 59.1 Å². The van der Waals surface area contributed by atoms with Crippen LogP contribution in [-0.4, -0.2) is 68.6 Å². The predicted molar refractivity (Wildman–Crippen MR) is 98.2 cm³/mol. The van der Waals surface area contributed by atoms with Crippen LogP contribution in [0.5, 0.6) is 5.75 Å². The zero-order valence-corrected chi connectivity index (χ0v) is 15.6. The Morgan fingerprint density at radius 1 is 1.12 bits per heavy atom. The van der Waals surface area contributed by atoms with Crippen molar-refractivity contribution in [3.8, 4) is 5.75 Å². The highest BCUT2D eigenvalue weighted by molar-refractivity contribution is 5.94. The molecule has 142 valence electrons. The lowest BCUT2D eigenvalue weighted by molar-refractivity contribution is -0.132. The van der Waals surface area contributed by atoms with Gasteiger partial charge >= 0.3 is 0 Å². The number of fused-ring (bicyclic) bond motifs is 1. The molecule has 2 saturated heterocycles. The molecule has 2 aliphatic rings. The van der Waals surface area contributed by atoms with Crippen LogP contribution >= 0.6 is 0 Å². The van der Waals surface area contributed by atoms with Crippen LogP contribution in [0.2, 0.25) is 0 Å². The van der Waals surface area contributed by atoms with Gasteiger partial charge in [0.25, 0.3) is 5.91 Å². The summed E-state index contributed by atoms with van der Waals surface area (Å²) in [5, 5.41) is 0. The third kappa shape index (κ3) is 4.18. The van der Waals surface area contributed by atoms with Crippen molar-refractivity contribution in [3.63, 3.8) is 0 Å². The Balaban J connectivity index is 1.62. The summed E-state index contributed by atoms with van der Waals surface area (Å²) in [5.74, 6) is 1.82. The van der Waals surface area contributed by atoms with Crippen LogP contribution in [-0.2, 0) is 9.53 Å². The normalized spacial score (nSPS) is 23.4. The molecular weight excluding hydrogens is 332 g/mol. The van der Waals surface area contributed by atoms with Gasteiger partial charge in [-0.25, -0.2) is 0 Å². The van der Waals surface area contributed by atoms with Gasteiger partial charge in [-0.15, -0.1) is 0 Å². The quantitative estimate of drug-likeness (QED) is 0.806. The molecule has 0 saturated carbocycles. The molecule has 2 aliphatic heterocycles. The molecule has 2 unspecified atom stereocenters. The summed E-state index contributed by atoms with van der Waals surface area (Å²) < 4.78 is 10.3. The fourth-order valence-corrected chi connectivity index (χ4v) is 4.01. The minimum absolute atomic E-state index is 0.0675. The van der Waals surface area contributed by atoms with Gasteiger partial charge in [-0.3, -0.25) is 9.59 Å². The molecule has 0 spiro atoms. The van der Waals surface area contributed by atoms with Gasteiger partial charge in [0.2, 0.25) is 5.91 Å². The minimum Gasteiger partial charge on any atom is -0.497 e. The molecule has 1 aromatic rings. The molecule has 6 heteroatoms. The minimum atomic E-state index is 0.0675. The highest BCUT2D eigenvalue weighted by Gasteiger charge is 2.36. The lowest BCUT2D eigenvalue weighted by Gasteiger charge is -2.37. The standard InChI is InChI=1S/C20H28N2O4/c1-25-12-11-21-9-8-17-14-22(10-7-16(17)13-19(21)23)20(24)15-3-5-18(26-2)6-4-15/h3-6,16-17H,7-14H2,1-2H3. The van der Waals surface area contributed by atoms with E-state index in [1.165, 1.54) is 0 Å². The van der Waals surface area contributed by atoms with Gasteiger partial charge in [-0.1, -0.05) is 0 Å². The maximum Gasteiger partial charge on any atom is 0.253 e. The molecule has 2 amide bonds. The highest BCUT2D eigenvalue weighted by atomic mass is 16.5. The van der Waals surface area contributed by atoms with Crippen LogP contribution in [0.15, 0.2) is 24.3 Å². The van der Waals surface area contributed by atoms with E-state index in [1.54, 1.807) is 14.2 Å². The Kier molecular flexibility index (Phi) is 6.14. The zero-order valence-electron chi connectivity index (χ0n) is 15.6. The molecule has 26 heavy (non-hydrogen) atoms. The van der Waals surface area contributed by atoms with Crippen molar-refractivity contribution in [2.24, 2.45) is 11.8 Å². The Morgan fingerprint density at radius 2 is 1.85 bits per heavy atom. The Labute approximate surface area is 155 Å². The number of benzene rings is 1. The first-order valence-corrected chi connectivity index (χ1v) is 9.32. The summed E-state index contributed by atoms with van der Waals surface area (Å²) in [7, 11) is 3.27. The Morgan fingerprint density at radius 3 is 2.54 bits per heavy atom. The third-order valence-corrected chi connectivity index (χ3v) is 5.64. The summed E-state index contributed by atoms with van der Waals surface area (Å²) in [5.41, 5.74) is 0.690. The molecule has 2 heterocycles. The van der Waals surface area contributed by atoms with Gasteiger partial charge in [-0.2, -0.15) is 0 Å². The number of hydrogen-bond acceptors (Lipinski definition) is 4. The second-order valence-corrected chi connectivity index (χ2v) is 7.15. The van der Waals surface area contributed by atoms with Crippen molar-refractivity contribution in [1.82, 2.24) is 9.80 Å². The number of nitrogens with zero attached hydrogens (tertiary/aromatic N) is 2. The van der Waals surface area contributed by atoms with Crippen molar-refractivity contribution in [2.75, 3.05) is 47.0 Å². The maximum atomic E-state index is 12.8. The number of ether oxygens (including phenoxy) is 2. The molecule has 1 aromatic carbocycles. The Hall–Kier alpha value is -2.08. The van der Waals surface area contributed by atoms with E-state index < -0.39 is 0 Å². The van der Waals surface area contributed by atoms with E-state index in [1.807, 2.05) is 34.1 Å². The first-order chi connectivity index (χ1) is 12.6. The number of likely N-dealkylation sites (tertiary alicyclic amines) is 2. The number of amides is 2. The lowest BCUT2D eigenvalue weighted by Crippen LogP contribution is -2.43. The van der Waals surface area contributed by atoms with Crippen LogP contribution in [0, 0.1) is 11.8 Å². The molecule has 0 radical (unpaired) electrons. The summed E-state index contributed by atoms with van der Waals surface area (Å²) in [4.78, 5) is 29.1. The Bertz CT molecular complexity index is 631. The van der Waals surface area contributed by atoms with Crippen LogP contribution in [0.3, 0.4) is 0 Å². The second kappa shape index (κ2) is 8.54. The van der Waals surface area contributed by atoms with Crippen molar-refractivity contribution < 1.29 is 19.1 Å². The first kappa shape index (κ1) is 18.7. The molecule has 0 bridgehead atoms. The SMILES string of the molecule is COCCN1CCC2CN(C(=O)c3ccc(OC)cc3)CCC2CC1=O. The zero-order chi connectivity index (χ0) is 18.5. The molecule has 2 fully saturated rings. The number of methoxy groups -OCH3 is 2. The summed E-state index contributed by atoms with van der Waals surface area (Å²) in [6.07, 6.45) is 2.45. The molecule has 0 aromatic heterocycles. The first-order valence-electron chi connectivity index (χ1n) is 9.32.